The molecule has 28 heavy (non-hydrogen) atoms. The average Bonchev–Trinajstić information content (AvgIpc) is 2.77. The molecule has 1 fully saturated rings. The third-order valence-corrected chi connectivity index (χ3v) is 5.92. The summed E-state index contributed by atoms with van der Waals surface area (Å²) >= 11 is 0. The number of nitrogens with zero attached hydrogens (tertiary/aromatic N) is 1. The fourth-order valence-electron chi connectivity index (χ4n) is 4.35. The monoisotopic (exact) mass is 373 g/mol. The van der Waals surface area contributed by atoms with Gasteiger partial charge in [-0.2, -0.15) is 0 Å². The SMILES string of the molecule is O[C@H](c1ccccc1)[C@H]1CN(Cc2ccccc2)CC[C@@]1(O)c1ccccc1. The molecule has 0 spiro atoms. The Morgan fingerprint density at radius 3 is 2.07 bits per heavy atom. The van der Waals surface area contributed by atoms with Crippen LogP contribution in [-0.4, -0.2) is 28.2 Å². The molecule has 1 aliphatic rings. The Hall–Kier alpha value is -2.46. The lowest BCUT2D eigenvalue weighted by molar-refractivity contribution is -0.124. The Balaban J connectivity index is 1.64. The maximum Gasteiger partial charge on any atom is 0.0977 e. The molecule has 1 aliphatic heterocycles. The van der Waals surface area contributed by atoms with E-state index in [1.165, 1.54) is 5.56 Å². The molecule has 1 saturated heterocycles. The predicted molar refractivity (Wildman–Crippen MR) is 112 cm³/mol. The molecule has 4 rings (SSSR count). The van der Waals surface area contributed by atoms with Crippen molar-refractivity contribution in [3.8, 4) is 0 Å². The fraction of sp³-hybridized carbons (Fsp3) is 0.280. The van der Waals surface area contributed by atoms with Crippen LogP contribution in [-0.2, 0) is 12.1 Å². The first-order chi connectivity index (χ1) is 13.7. The van der Waals surface area contributed by atoms with Gasteiger partial charge < -0.3 is 10.2 Å². The van der Waals surface area contributed by atoms with Gasteiger partial charge in [0, 0.05) is 25.6 Å². The number of aliphatic hydroxyl groups excluding tert-OH is 1. The molecule has 3 heteroatoms. The zero-order chi connectivity index (χ0) is 19.4. The smallest absolute Gasteiger partial charge is 0.0977 e. The molecular weight excluding hydrogens is 346 g/mol. The largest absolute Gasteiger partial charge is 0.388 e. The van der Waals surface area contributed by atoms with E-state index >= 15 is 0 Å². The van der Waals surface area contributed by atoms with Crippen LogP contribution in [0.3, 0.4) is 0 Å². The molecule has 3 aromatic rings. The van der Waals surface area contributed by atoms with Gasteiger partial charge in [0.2, 0.25) is 0 Å². The summed E-state index contributed by atoms with van der Waals surface area (Å²) in [5.41, 5.74) is 1.93. The highest BCUT2D eigenvalue weighted by molar-refractivity contribution is 5.28. The highest BCUT2D eigenvalue weighted by Crippen LogP contribution is 2.44. The van der Waals surface area contributed by atoms with E-state index in [1.54, 1.807) is 0 Å². The molecule has 0 radical (unpaired) electrons. The Kier molecular flexibility index (Phi) is 5.58. The second kappa shape index (κ2) is 8.27. The Labute approximate surface area is 166 Å². The zero-order valence-corrected chi connectivity index (χ0v) is 16.0. The van der Waals surface area contributed by atoms with E-state index in [0.717, 1.165) is 24.2 Å². The number of hydrogen-bond acceptors (Lipinski definition) is 3. The molecule has 1 heterocycles. The van der Waals surface area contributed by atoms with Crippen molar-refractivity contribution in [2.45, 2.75) is 24.7 Å². The van der Waals surface area contributed by atoms with Gasteiger partial charge >= 0.3 is 0 Å². The van der Waals surface area contributed by atoms with E-state index in [4.69, 9.17) is 0 Å². The highest BCUT2D eigenvalue weighted by Gasteiger charge is 2.46. The molecule has 3 atom stereocenters. The Bertz CT molecular complexity index is 869. The summed E-state index contributed by atoms with van der Waals surface area (Å²) in [5, 5.41) is 23.0. The molecule has 3 nitrogen and oxygen atoms in total. The first-order valence-electron chi connectivity index (χ1n) is 9.94. The molecule has 0 saturated carbocycles. The van der Waals surface area contributed by atoms with E-state index < -0.39 is 11.7 Å². The van der Waals surface area contributed by atoms with E-state index in [1.807, 2.05) is 66.7 Å². The molecule has 0 aliphatic carbocycles. The molecule has 0 amide bonds. The van der Waals surface area contributed by atoms with Crippen LogP contribution in [0.25, 0.3) is 0 Å². The fourth-order valence-corrected chi connectivity index (χ4v) is 4.35. The van der Waals surface area contributed by atoms with Crippen LogP contribution in [0.1, 0.15) is 29.2 Å². The third-order valence-electron chi connectivity index (χ3n) is 5.92. The highest BCUT2D eigenvalue weighted by atomic mass is 16.3. The minimum atomic E-state index is -1.05. The van der Waals surface area contributed by atoms with Gasteiger partial charge in [-0.3, -0.25) is 4.90 Å². The van der Waals surface area contributed by atoms with Crippen LogP contribution in [0.2, 0.25) is 0 Å². The van der Waals surface area contributed by atoms with Gasteiger partial charge in [0.1, 0.15) is 0 Å². The number of piperidine rings is 1. The summed E-state index contributed by atoms with van der Waals surface area (Å²) in [6.45, 7) is 2.25. The van der Waals surface area contributed by atoms with E-state index in [2.05, 4.69) is 29.2 Å². The first kappa shape index (κ1) is 18.9. The van der Waals surface area contributed by atoms with Gasteiger partial charge in [-0.1, -0.05) is 91.0 Å². The van der Waals surface area contributed by atoms with Gasteiger partial charge in [0.05, 0.1) is 11.7 Å². The standard InChI is InChI=1S/C25H27NO2/c27-24(21-12-6-2-7-13-21)23-19-26(18-20-10-4-1-5-11-20)17-16-25(23,28)22-14-8-3-9-15-22/h1-15,23-24,27-28H,16-19H2/t23-,24-,25-/m1/s1. The quantitative estimate of drug-likeness (QED) is 0.707. The molecule has 2 N–H and O–H groups in total. The summed E-state index contributed by atoms with van der Waals surface area (Å²) in [5.74, 6) is -0.310. The van der Waals surface area contributed by atoms with E-state index in [9.17, 15) is 10.2 Å². The second-order valence-electron chi connectivity index (χ2n) is 7.72. The van der Waals surface area contributed by atoms with Gasteiger partial charge in [0.15, 0.2) is 0 Å². The van der Waals surface area contributed by atoms with Gasteiger partial charge in [-0.15, -0.1) is 0 Å². The molecule has 0 bridgehead atoms. The van der Waals surface area contributed by atoms with Gasteiger partial charge in [0.25, 0.3) is 0 Å². The van der Waals surface area contributed by atoms with Crippen LogP contribution in [0.15, 0.2) is 91.0 Å². The lowest BCUT2D eigenvalue weighted by Crippen LogP contribution is -2.51. The summed E-state index contributed by atoms with van der Waals surface area (Å²) in [4.78, 5) is 2.34. The van der Waals surface area contributed by atoms with Crippen LogP contribution in [0, 0.1) is 5.92 Å². The average molecular weight is 373 g/mol. The van der Waals surface area contributed by atoms with Crippen molar-refractivity contribution in [3.63, 3.8) is 0 Å². The summed E-state index contributed by atoms with van der Waals surface area (Å²) in [6.07, 6.45) is -0.136. The maximum absolute atomic E-state index is 11.7. The second-order valence-corrected chi connectivity index (χ2v) is 7.72. The Morgan fingerprint density at radius 2 is 1.43 bits per heavy atom. The van der Waals surface area contributed by atoms with Crippen molar-refractivity contribution in [1.82, 2.24) is 4.90 Å². The topological polar surface area (TPSA) is 43.7 Å². The minimum Gasteiger partial charge on any atom is -0.388 e. The van der Waals surface area contributed by atoms with Crippen LogP contribution in [0.5, 0.6) is 0 Å². The number of hydrogen-bond donors (Lipinski definition) is 2. The first-order valence-corrected chi connectivity index (χ1v) is 9.94. The summed E-state index contributed by atoms with van der Waals surface area (Å²) < 4.78 is 0. The van der Waals surface area contributed by atoms with Crippen molar-refractivity contribution < 1.29 is 10.2 Å². The van der Waals surface area contributed by atoms with Crippen molar-refractivity contribution in [3.05, 3.63) is 108 Å². The van der Waals surface area contributed by atoms with Crippen LogP contribution in [0.4, 0.5) is 0 Å². The van der Waals surface area contributed by atoms with Crippen LogP contribution < -0.4 is 0 Å². The Morgan fingerprint density at radius 1 is 0.857 bits per heavy atom. The molecule has 3 aromatic carbocycles. The maximum atomic E-state index is 11.7. The van der Waals surface area contributed by atoms with Crippen molar-refractivity contribution in [2.24, 2.45) is 5.92 Å². The van der Waals surface area contributed by atoms with Crippen molar-refractivity contribution in [1.29, 1.82) is 0 Å². The minimum absolute atomic E-state index is 0.310. The summed E-state index contributed by atoms with van der Waals surface area (Å²) in [7, 11) is 0. The van der Waals surface area contributed by atoms with Gasteiger partial charge in [-0.25, -0.2) is 0 Å². The molecular formula is C25H27NO2. The lowest BCUT2D eigenvalue weighted by atomic mass is 9.72. The van der Waals surface area contributed by atoms with Crippen LogP contribution >= 0.6 is 0 Å². The molecule has 144 valence electrons. The number of aliphatic hydroxyl groups is 2. The zero-order valence-electron chi connectivity index (χ0n) is 16.0. The summed E-state index contributed by atoms with van der Waals surface area (Å²) in [6, 6.07) is 29.9. The van der Waals surface area contributed by atoms with Crippen molar-refractivity contribution >= 4 is 0 Å². The number of likely N-dealkylation sites (tertiary alicyclic amines) is 1. The molecule has 0 unspecified atom stereocenters. The number of benzene rings is 3. The van der Waals surface area contributed by atoms with E-state index in [-0.39, 0.29) is 5.92 Å². The van der Waals surface area contributed by atoms with E-state index in [0.29, 0.717) is 13.0 Å². The molecule has 0 aromatic heterocycles. The third kappa shape index (κ3) is 3.88. The normalized spacial score (nSPS) is 24.0. The van der Waals surface area contributed by atoms with Gasteiger partial charge in [-0.05, 0) is 23.1 Å². The predicted octanol–water partition coefficient (Wildman–Crippen LogP) is 4.13. The lowest BCUT2D eigenvalue weighted by Gasteiger charge is -2.47. The number of rotatable bonds is 5. The van der Waals surface area contributed by atoms with Crippen molar-refractivity contribution in [2.75, 3.05) is 13.1 Å².